The molecule has 2 saturated carbocycles. The molecule has 30 heavy (non-hydrogen) atoms. The molecule has 0 aromatic heterocycles. The van der Waals surface area contributed by atoms with Crippen molar-refractivity contribution >= 4 is 23.9 Å². The minimum atomic E-state index is -1.73. The Morgan fingerprint density at radius 3 is 0.700 bits per heavy atom. The molecule has 0 N–H and O–H groups in total. The molecule has 148 valence electrons. The van der Waals surface area contributed by atoms with Crippen molar-refractivity contribution in [3.8, 4) is 0 Å². The first-order chi connectivity index (χ1) is 12.2. The van der Waals surface area contributed by atoms with E-state index in [1.807, 2.05) is 0 Å². The van der Waals surface area contributed by atoms with E-state index in [1.54, 1.807) is 0 Å². The zero-order valence-corrected chi connectivity index (χ0v) is 26.8. The molecule has 0 spiro atoms. The van der Waals surface area contributed by atoms with E-state index >= 15 is 0 Å². The number of carboxylic acids is 4. The van der Waals surface area contributed by atoms with Crippen LogP contribution in [-0.4, -0.2) is 23.9 Å². The molecule has 2 rings (SSSR count). The Kier molecular flexibility index (Phi) is 25.0. The third kappa shape index (κ3) is 10.9. The van der Waals surface area contributed by atoms with E-state index in [9.17, 15) is 39.6 Å². The van der Waals surface area contributed by atoms with Gasteiger partial charge in [0.25, 0.3) is 0 Å². The van der Waals surface area contributed by atoms with Crippen LogP contribution in [0.5, 0.6) is 0 Å². The molecular formula is C18H24Na4O8. The van der Waals surface area contributed by atoms with Crippen molar-refractivity contribution in [1.82, 2.24) is 0 Å². The summed E-state index contributed by atoms with van der Waals surface area (Å²) in [7, 11) is 0. The van der Waals surface area contributed by atoms with Gasteiger partial charge in [0.15, 0.2) is 0 Å². The van der Waals surface area contributed by atoms with Gasteiger partial charge in [0.1, 0.15) is 0 Å². The van der Waals surface area contributed by atoms with Crippen LogP contribution in [0.1, 0.15) is 77.0 Å². The molecule has 0 bridgehead atoms. The van der Waals surface area contributed by atoms with Crippen LogP contribution in [0, 0.1) is 10.8 Å². The van der Waals surface area contributed by atoms with Crippen molar-refractivity contribution in [1.29, 1.82) is 0 Å². The number of hydrogen-bond donors (Lipinski definition) is 0. The average molecular weight is 460 g/mol. The number of rotatable bonds is 4. The third-order valence-electron chi connectivity index (χ3n) is 5.48. The van der Waals surface area contributed by atoms with E-state index in [4.69, 9.17) is 0 Å². The summed E-state index contributed by atoms with van der Waals surface area (Å²) < 4.78 is 0. The molecule has 0 aromatic rings. The van der Waals surface area contributed by atoms with E-state index in [2.05, 4.69) is 0 Å². The quantitative estimate of drug-likeness (QED) is 0.227. The first-order valence-corrected chi connectivity index (χ1v) is 9.05. The topological polar surface area (TPSA) is 161 Å². The summed E-state index contributed by atoms with van der Waals surface area (Å²) in [5.41, 5.74) is -3.45. The van der Waals surface area contributed by atoms with Gasteiger partial charge in [0, 0.05) is 10.8 Å². The second-order valence-electron chi connectivity index (χ2n) is 7.14. The van der Waals surface area contributed by atoms with Gasteiger partial charge in [0.05, 0.1) is 23.9 Å². The molecule has 0 radical (unpaired) electrons. The molecule has 2 aliphatic rings. The molecule has 0 heterocycles. The summed E-state index contributed by atoms with van der Waals surface area (Å²) in [5.74, 6) is -5.97. The first-order valence-electron chi connectivity index (χ1n) is 9.05. The Labute approximate surface area is 265 Å². The normalized spacial score (nSPS) is 18.9. The van der Waals surface area contributed by atoms with Crippen LogP contribution in [0.25, 0.3) is 0 Å². The summed E-state index contributed by atoms with van der Waals surface area (Å²) in [6.45, 7) is 0. The monoisotopic (exact) mass is 460 g/mol. The molecule has 0 atom stereocenters. The van der Waals surface area contributed by atoms with Crippen LogP contribution in [0.2, 0.25) is 0 Å². The second-order valence-corrected chi connectivity index (χ2v) is 7.14. The van der Waals surface area contributed by atoms with Crippen molar-refractivity contribution in [2.75, 3.05) is 0 Å². The largest absolute Gasteiger partial charge is 1.00 e. The van der Waals surface area contributed by atoms with Gasteiger partial charge < -0.3 is 39.6 Å². The van der Waals surface area contributed by atoms with Gasteiger partial charge in [-0.05, 0) is 25.7 Å². The Bertz CT molecular complexity index is 460. The predicted molar refractivity (Wildman–Crippen MR) is 80.3 cm³/mol. The number of carbonyl (C=O) groups excluding carboxylic acids is 4. The molecule has 2 fully saturated rings. The first kappa shape index (κ1) is 39.1. The Balaban J connectivity index is -0.000000199. The number of hydrogen-bond acceptors (Lipinski definition) is 8. The maximum Gasteiger partial charge on any atom is 1.00 e. The van der Waals surface area contributed by atoms with Crippen molar-refractivity contribution in [3.63, 3.8) is 0 Å². The fourth-order valence-electron chi connectivity index (χ4n) is 3.65. The predicted octanol–water partition coefficient (Wildman–Crippen LogP) is -14.3. The average Bonchev–Trinajstić information content (AvgIpc) is 2.97. The summed E-state index contributed by atoms with van der Waals surface area (Å²) in [6, 6.07) is 0. The molecule has 0 saturated heterocycles. The molecule has 0 aromatic carbocycles. The van der Waals surface area contributed by atoms with Gasteiger partial charge in [-0.3, -0.25) is 0 Å². The van der Waals surface area contributed by atoms with Gasteiger partial charge in [-0.25, -0.2) is 0 Å². The van der Waals surface area contributed by atoms with Crippen LogP contribution >= 0.6 is 0 Å². The van der Waals surface area contributed by atoms with E-state index in [-0.39, 0.29) is 144 Å². The van der Waals surface area contributed by atoms with Crippen molar-refractivity contribution < 1.29 is 158 Å². The fourth-order valence-corrected chi connectivity index (χ4v) is 3.65. The SMILES string of the molecule is O=C([O-])C1(C(=O)[O-])CCCCCC1.O=C([O-])C1(C(=O)[O-])CCCCCC1.[Na+].[Na+].[Na+].[Na+]. The number of carboxylic acid groups (broad SMARTS) is 4. The molecule has 2 aliphatic carbocycles. The summed E-state index contributed by atoms with van der Waals surface area (Å²) in [6.07, 6.45) is 6.67. The van der Waals surface area contributed by atoms with Crippen molar-refractivity contribution in [2.45, 2.75) is 77.0 Å². The Morgan fingerprint density at radius 2 is 0.567 bits per heavy atom. The van der Waals surface area contributed by atoms with Gasteiger partial charge in [-0.2, -0.15) is 0 Å². The summed E-state index contributed by atoms with van der Waals surface area (Å²) in [4.78, 5) is 43.0. The fraction of sp³-hybridized carbons (Fsp3) is 0.778. The second kappa shape index (κ2) is 19.2. The molecule has 12 heteroatoms. The third-order valence-corrected chi connectivity index (χ3v) is 5.48. The molecular weight excluding hydrogens is 436 g/mol. The summed E-state index contributed by atoms with van der Waals surface area (Å²) >= 11 is 0. The molecule has 0 aliphatic heterocycles. The van der Waals surface area contributed by atoms with E-state index in [1.165, 1.54) is 0 Å². The number of carbonyl (C=O) groups is 4. The van der Waals surface area contributed by atoms with Gasteiger partial charge >= 0.3 is 118 Å². The van der Waals surface area contributed by atoms with Crippen LogP contribution in [0.15, 0.2) is 0 Å². The zero-order chi connectivity index (χ0) is 19.8. The molecule has 0 amide bonds. The van der Waals surface area contributed by atoms with Gasteiger partial charge in [-0.1, -0.05) is 51.4 Å². The van der Waals surface area contributed by atoms with Gasteiger partial charge in [0.2, 0.25) is 0 Å². The van der Waals surface area contributed by atoms with Crippen LogP contribution in [0.4, 0.5) is 0 Å². The van der Waals surface area contributed by atoms with E-state index < -0.39 is 34.7 Å². The minimum Gasteiger partial charge on any atom is -0.549 e. The van der Waals surface area contributed by atoms with Crippen molar-refractivity contribution in [2.24, 2.45) is 10.8 Å². The smallest absolute Gasteiger partial charge is 0.549 e. The maximum absolute atomic E-state index is 10.7. The molecule has 8 nitrogen and oxygen atoms in total. The van der Waals surface area contributed by atoms with Crippen LogP contribution in [-0.2, 0) is 19.2 Å². The van der Waals surface area contributed by atoms with Crippen LogP contribution < -0.4 is 139 Å². The minimum absolute atomic E-state index is 0. The van der Waals surface area contributed by atoms with E-state index in [0.29, 0.717) is 25.7 Å². The molecule has 0 unspecified atom stereocenters. The maximum atomic E-state index is 10.7. The standard InChI is InChI=1S/2C9H14O4.4Na/c2*10-7(11)9(8(12)13)5-3-1-2-4-6-9;;;;/h2*1-6H2,(H,10,11)(H,12,13);;;;/q;;4*+1/p-4. The van der Waals surface area contributed by atoms with E-state index in [0.717, 1.165) is 25.7 Å². The van der Waals surface area contributed by atoms with Crippen LogP contribution in [0.3, 0.4) is 0 Å². The summed E-state index contributed by atoms with van der Waals surface area (Å²) in [5, 5.41) is 43.0. The van der Waals surface area contributed by atoms with Gasteiger partial charge in [-0.15, -0.1) is 0 Å². The Morgan fingerprint density at radius 1 is 0.400 bits per heavy atom. The van der Waals surface area contributed by atoms with Crippen molar-refractivity contribution in [3.05, 3.63) is 0 Å². The Hall–Kier alpha value is 1.88. The zero-order valence-electron chi connectivity index (χ0n) is 18.8. The number of aliphatic carboxylic acids is 4.